The highest BCUT2D eigenvalue weighted by Gasteiger charge is 2.26. The number of hydrogen-bond donors (Lipinski definition) is 0. The van der Waals surface area contributed by atoms with Gasteiger partial charge in [0.05, 0.1) is 0 Å². The Morgan fingerprint density at radius 2 is 1.43 bits per heavy atom. The summed E-state index contributed by atoms with van der Waals surface area (Å²) in [6.45, 7) is 1.46. The molecule has 4 aromatic carbocycles. The number of carbonyl (C=O) groups excluding carboxylic acids is 1. The maximum absolute atomic E-state index is 12.8. The van der Waals surface area contributed by atoms with Crippen molar-refractivity contribution < 1.29 is 17.4 Å². The predicted octanol–water partition coefficient (Wildman–Crippen LogP) is 4.97. The lowest BCUT2D eigenvalue weighted by Crippen LogP contribution is -2.24. The number of ketones is 1. The minimum Gasteiger partial charge on any atom is -0.291 e. The number of hydrogen-bond acceptors (Lipinski definition) is 4. The molecule has 0 aliphatic carbocycles. The highest BCUT2D eigenvalue weighted by molar-refractivity contribution is 7.87. The molecule has 4 nitrogen and oxygen atoms in total. The zero-order valence-corrected chi connectivity index (χ0v) is 16.0. The smallest absolute Gasteiger partial charge is 0.291 e. The van der Waals surface area contributed by atoms with E-state index in [0.717, 1.165) is 16.2 Å². The largest absolute Gasteiger partial charge is 0.298 e. The van der Waals surface area contributed by atoms with E-state index in [2.05, 4.69) is 0 Å². The van der Waals surface area contributed by atoms with Gasteiger partial charge in [-0.05, 0) is 35.2 Å². The van der Waals surface area contributed by atoms with E-state index in [4.69, 9.17) is 4.18 Å². The summed E-state index contributed by atoms with van der Waals surface area (Å²) in [7, 11) is -4.10. The van der Waals surface area contributed by atoms with Crippen LogP contribution in [0, 0.1) is 0 Å². The van der Waals surface area contributed by atoms with Gasteiger partial charge in [-0.2, -0.15) is 8.42 Å². The fraction of sp³-hybridized carbons (Fsp3) is 0.0870. The van der Waals surface area contributed by atoms with Gasteiger partial charge in [-0.3, -0.25) is 8.98 Å². The zero-order chi connectivity index (χ0) is 19.7. The molecule has 0 saturated carbocycles. The lowest BCUT2D eigenvalue weighted by molar-refractivity contribution is 0.0826. The summed E-state index contributed by atoms with van der Waals surface area (Å²) < 4.78 is 30.9. The van der Waals surface area contributed by atoms with Crippen LogP contribution in [-0.4, -0.2) is 20.3 Å². The Morgan fingerprint density at radius 1 is 0.786 bits per heavy atom. The van der Waals surface area contributed by atoms with E-state index in [1.54, 1.807) is 30.3 Å². The molecule has 0 radical (unpaired) electrons. The predicted molar refractivity (Wildman–Crippen MR) is 110 cm³/mol. The van der Waals surface area contributed by atoms with Crippen LogP contribution in [0.2, 0.25) is 0 Å². The monoisotopic (exact) mass is 390 g/mol. The van der Waals surface area contributed by atoms with Crippen molar-refractivity contribution >= 4 is 37.4 Å². The molecule has 28 heavy (non-hydrogen) atoms. The van der Waals surface area contributed by atoms with Crippen molar-refractivity contribution in [1.29, 1.82) is 0 Å². The van der Waals surface area contributed by atoms with Crippen molar-refractivity contribution in [3.05, 3.63) is 90.5 Å². The summed E-state index contributed by atoms with van der Waals surface area (Å²) in [5, 5.41) is 3.28. The Bertz CT molecular complexity index is 1290. The number of fused-ring (bicyclic) bond motifs is 2. The van der Waals surface area contributed by atoms with Gasteiger partial charge in [-0.25, -0.2) is 0 Å². The second-order valence-electron chi connectivity index (χ2n) is 6.60. The number of benzene rings is 4. The van der Waals surface area contributed by atoms with E-state index in [0.29, 0.717) is 10.9 Å². The van der Waals surface area contributed by atoms with E-state index in [-0.39, 0.29) is 10.7 Å². The molecule has 0 saturated heterocycles. The summed E-state index contributed by atoms with van der Waals surface area (Å²) in [5.41, 5.74) is 0.416. The van der Waals surface area contributed by atoms with Crippen molar-refractivity contribution in [2.45, 2.75) is 17.9 Å². The van der Waals surface area contributed by atoms with Crippen LogP contribution in [0.1, 0.15) is 17.3 Å². The van der Waals surface area contributed by atoms with Crippen LogP contribution in [0.4, 0.5) is 0 Å². The van der Waals surface area contributed by atoms with E-state index < -0.39 is 16.2 Å². The van der Waals surface area contributed by atoms with Gasteiger partial charge in [0.25, 0.3) is 10.1 Å². The zero-order valence-electron chi connectivity index (χ0n) is 15.2. The standard InChI is InChI=1S/C23H18O4S/c1-16(23(24)20-14-13-17-7-2-3-9-19(17)15-20)27-28(25,26)22-12-6-10-18-8-4-5-11-21(18)22/h2-16H,1H3/t16-/m1/s1. The summed E-state index contributed by atoms with van der Waals surface area (Å²) in [4.78, 5) is 12.8. The third-order valence-corrected chi connectivity index (χ3v) is 6.13. The van der Waals surface area contributed by atoms with Crippen molar-refractivity contribution in [2.24, 2.45) is 0 Å². The van der Waals surface area contributed by atoms with E-state index in [1.807, 2.05) is 48.5 Å². The third-order valence-electron chi connectivity index (χ3n) is 4.69. The van der Waals surface area contributed by atoms with Crippen molar-refractivity contribution in [3.8, 4) is 0 Å². The summed E-state index contributed by atoms with van der Waals surface area (Å²) in [6, 6.07) is 25.1. The van der Waals surface area contributed by atoms with Crippen LogP contribution in [0.25, 0.3) is 21.5 Å². The fourth-order valence-electron chi connectivity index (χ4n) is 3.28. The average molecular weight is 390 g/mol. The molecule has 0 heterocycles. The molecule has 140 valence electrons. The topological polar surface area (TPSA) is 60.4 Å². The van der Waals surface area contributed by atoms with Gasteiger partial charge in [-0.15, -0.1) is 0 Å². The summed E-state index contributed by atoms with van der Waals surface area (Å²) >= 11 is 0. The lowest BCUT2D eigenvalue weighted by atomic mass is 10.0. The highest BCUT2D eigenvalue weighted by Crippen LogP contribution is 2.26. The first-order valence-corrected chi connectivity index (χ1v) is 10.3. The summed E-state index contributed by atoms with van der Waals surface area (Å²) in [6.07, 6.45) is -1.13. The lowest BCUT2D eigenvalue weighted by Gasteiger charge is -2.14. The van der Waals surface area contributed by atoms with Crippen LogP contribution in [-0.2, 0) is 14.3 Å². The van der Waals surface area contributed by atoms with Crippen LogP contribution in [0.15, 0.2) is 89.8 Å². The van der Waals surface area contributed by atoms with Crippen LogP contribution < -0.4 is 0 Å². The quantitative estimate of drug-likeness (QED) is 0.357. The average Bonchev–Trinajstić information content (AvgIpc) is 2.72. The Balaban J connectivity index is 1.64. The molecule has 4 rings (SSSR count). The maximum atomic E-state index is 12.8. The minimum atomic E-state index is -4.10. The van der Waals surface area contributed by atoms with Gasteiger partial charge in [0.2, 0.25) is 0 Å². The van der Waals surface area contributed by atoms with E-state index in [9.17, 15) is 13.2 Å². The first-order valence-electron chi connectivity index (χ1n) is 8.90. The molecule has 0 N–H and O–H groups in total. The first kappa shape index (κ1) is 18.3. The minimum absolute atomic E-state index is 0.0590. The first-order chi connectivity index (χ1) is 13.5. The van der Waals surface area contributed by atoms with Crippen LogP contribution >= 0.6 is 0 Å². The molecule has 1 atom stereocenters. The van der Waals surface area contributed by atoms with E-state index >= 15 is 0 Å². The number of Topliss-reactive ketones (excluding diaryl/α,β-unsaturated/α-hetero) is 1. The molecule has 0 amide bonds. The van der Waals surface area contributed by atoms with Gasteiger partial charge >= 0.3 is 0 Å². The van der Waals surface area contributed by atoms with Gasteiger partial charge in [0.1, 0.15) is 11.0 Å². The normalized spacial score (nSPS) is 12.9. The third kappa shape index (κ3) is 3.42. The highest BCUT2D eigenvalue weighted by atomic mass is 32.2. The molecule has 5 heteroatoms. The molecular weight excluding hydrogens is 372 g/mol. The second-order valence-corrected chi connectivity index (χ2v) is 8.14. The van der Waals surface area contributed by atoms with Crippen molar-refractivity contribution in [1.82, 2.24) is 0 Å². The molecule has 0 aliphatic heterocycles. The Kier molecular flexibility index (Phi) is 4.71. The van der Waals surface area contributed by atoms with Crippen molar-refractivity contribution in [3.63, 3.8) is 0 Å². The second kappa shape index (κ2) is 7.19. The van der Waals surface area contributed by atoms with Crippen molar-refractivity contribution in [2.75, 3.05) is 0 Å². The molecule has 0 bridgehead atoms. The van der Waals surface area contributed by atoms with Gasteiger partial charge < -0.3 is 0 Å². The van der Waals surface area contributed by atoms with Crippen LogP contribution in [0.5, 0.6) is 0 Å². The van der Waals surface area contributed by atoms with Gasteiger partial charge in [0.15, 0.2) is 5.78 Å². The Labute approximate surface area is 163 Å². The number of carbonyl (C=O) groups is 1. The summed E-state index contributed by atoms with van der Waals surface area (Å²) in [5.74, 6) is -0.380. The molecule has 4 aromatic rings. The van der Waals surface area contributed by atoms with Gasteiger partial charge in [-0.1, -0.05) is 72.8 Å². The maximum Gasteiger partial charge on any atom is 0.298 e. The Morgan fingerprint density at radius 3 is 2.21 bits per heavy atom. The number of rotatable bonds is 5. The molecule has 0 aliphatic rings. The van der Waals surface area contributed by atoms with Crippen LogP contribution in [0.3, 0.4) is 0 Å². The Hall–Kier alpha value is -3.02. The van der Waals surface area contributed by atoms with Gasteiger partial charge in [0, 0.05) is 10.9 Å². The SMILES string of the molecule is C[C@@H](OS(=O)(=O)c1cccc2ccccc12)C(=O)c1ccc2ccccc2c1. The molecule has 0 fully saturated rings. The molecule has 0 unspecified atom stereocenters. The molecular formula is C23H18O4S. The molecule has 0 spiro atoms. The fourth-order valence-corrected chi connectivity index (χ4v) is 4.55. The molecule has 0 aromatic heterocycles. The van der Waals surface area contributed by atoms with E-state index in [1.165, 1.54) is 13.0 Å².